The molecular weight excluding hydrogens is 535 g/mol. The lowest BCUT2D eigenvalue weighted by molar-refractivity contribution is -0.198. The van der Waals surface area contributed by atoms with Gasteiger partial charge in [-0.15, -0.1) is 0 Å². The number of alkyl halides is 3. The van der Waals surface area contributed by atoms with Crippen LogP contribution in [0.3, 0.4) is 0 Å². The van der Waals surface area contributed by atoms with Crippen molar-refractivity contribution in [1.82, 2.24) is 15.3 Å². The first-order chi connectivity index (χ1) is 18.5. The number of halogens is 4. The maximum atomic E-state index is 14.4. The fraction of sp³-hybridized carbons (Fsp3) is 0.370. The third-order valence-corrected chi connectivity index (χ3v) is 7.67. The van der Waals surface area contributed by atoms with Crippen LogP contribution in [0.2, 0.25) is 5.02 Å². The third-order valence-electron chi connectivity index (χ3n) is 7.43. The van der Waals surface area contributed by atoms with Gasteiger partial charge in [0.05, 0.1) is 0 Å². The molecule has 1 aromatic heterocycles. The van der Waals surface area contributed by atoms with Crippen molar-refractivity contribution >= 4 is 29.3 Å². The summed E-state index contributed by atoms with van der Waals surface area (Å²) in [6.45, 7) is 1.69. The highest BCUT2D eigenvalue weighted by molar-refractivity contribution is 6.30. The van der Waals surface area contributed by atoms with Crippen LogP contribution < -0.4 is 20.7 Å². The van der Waals surface area contributed by atoms with E-state index < -0.39 is 24.3 Å². The van der Waals surface area contributed by atoms with Crippen molar-refractivity contribution in [2.45, 2.75) is 37.6 Å². The van der Waals surface area contributed by atoms with Gasteiger partial charge in [0.1, 0.15) is 11.9 Å². The van der Waals surface area contributed by atoms with Crippen molar-refractivity contribution in [3.05, 3.63) is 65.2 Å². The van der Waals surface area contributed by atoms with E-state index in [-0.39, 0.29) is 22.8 Å². The Labute approximate surface area is 228 Å². The molecular formula is C27H27ClF3N5O3. The minimum Gasteiger partial charge on any atom is -0.480 e. The number of carbonyl (C=O) groups is 1. The minimum absolute atomic E-state index is 0.113. The van der Waals surface area contributed by atoms with E-state index in [1.165, 1.54) is 24.3 Å². The monoisotopic (exact) mass is 561 g/mol. The van der Waals surface area contributed by atoms with Gasteiger partial charge in [-0.1, -0.05) is 48.0 Å². The summed E-state index contributed by atoms with van der Waals surface area (Å²) in [6, 6.07) is 13.6. The van der Waals surface area contributed by atoms with Crippen molar-refractivity contribution in [2.24, 2.45) is 5.41 Å². The van der Waals surface area contributed by atoms with Gasteiger partial charge in [0.25, 0.3) is 0 Å². The lowest BCUT2D eigenvalue weighted by atomic mass is 9.76. The van der Waals surface area contributed by atoms with Crippen molar-refractivity contribution < 1.29 is 27.8 Å². The van der Waals surface area contributed by atoms with Crippen LogP contribution in [0.25, 0.3) is 11.1 Å². The fourth-order valence-electron chi connectivity index (χ4n) is 5.39. The number of nitrogens with two attached hydrogens (primary N) is 1. The van der Waals surface area contributed by atoms with Crippen LogP contribution in [0.5, 0.6) is 5.88 Å². The number of rotatable bonds is 6. The Balaban J connectivity index is 1.40. The van der Waals surface area contributed by atoms with Gasteiger partial charge in [0.2, 0.25) is 17.9 Å². The molecule has 5 rings (SSSR count). The average molecular weight is 562 g/mol. The Bertz CT molecular complexity index is 1350. The average Bonchev–Trinajstić information content (AvgIpc) is 3.31. The Hall–Kier alpha value is -3.57. The number of nitrogen functional groups attached to an aromatic ring is 1. The number of aromatic nitrogens is 2. The van der Waals surface area contributed by atoms with Crippen LogP contribution in [0.1, 0.15) is 30.9 Å². The van der Waals surface area contributed by atoms with Crippen LogP contribution in [0.15, 0.2) is 54.6 Å². The van der Waals surface area contributed by atoms with Gasteiger partial charge in [-0.3, -0.25) is 4.79 Å². The summed E-state index contributed by atoms with van der Waals surface area (Å²) >= 11 is 6.14. The molecule has 2 fully saturated rings. The lowest BCUT2D eigenvalue weighted by Gasteiger charge is -2.39. The number of aliphatic carboxylic acids is 1. The highest BCUT2D eigenvalue weighted by Crippen LogP contribution is 2.43. The van der Waals surface area contributed by atoms with Crippen molar-refractivity contribution in [3.8, 4) is 17.0 Å². The SMILES string of the molecule is Nc1nc(O[C@@H](c2ccc(Cl)cc2-c2ccccc2)C(F)(F)F)cc(N2CCC3(CC2)CN[C@@H](C(=O)O)C3)n1. The lowest BCUT2D eigenvalue weighted by Crippen LogP contribution is -2.41. The third kappa shape index (κ3) is 5.89. The van der Waals surface area contributed by atoms with Crippen molar-refractivity contribution in [3.63, 3.8) is 0 Å². The number of nitrogens with one attached hydrogen (secondary N) is 1. The van der Waals surface area contributed by atoms with Crippen LogP contribution in [-0.4, -0.2) is 52.9 Å². The zero-order valence-electron chi connectivity index (χ0n) is 20.8. The Morgan fingerprint density at radius 2 is 1.87 bits per heavy atom. The number of benzene rings is 2. The van der Waals surface area contributed by atoms with Gasteiger partial charge in [0.15, 0.2) is 0 Å². The number of hydrogen-bond donors (Lipinski definition) is 3. The van der Waals surface area contributed by atoms with Gasteiger partial charge in [-0.25, -0.2) is 0 Å². The molecule has 0 saturated carbocycles. The van der Waals surface area contributed by atoms with E-state index in [4.69, 9.17) is 22.1 Å². The molecule has 4 N–H and O–H groups in total. The Morgan fingerprint density at radius 3 is 2.51 bits per heavy atom. The second kappa shape index (κ2) is 10.5. The molecule has 0 amide bonds. The summed E-state index contributed by atoms with van der Waals surface area (Å²) in [5, 5.41) is 12.7. The predicted molar refractivity (Wildman–Crippen MR) is 141 cm³/mol. The number of hydrogen-bond acceptors (Lipinski definition) is 7. The second-order valence-electron chi connectivity index (χ2n) is 10.0. The van der Waals surface area contributed by atoms with E-state index >= 15 is 0 Å². The molecule has 2 aromatic carbocycles. The van der Waals surface area contributed by atoms with Gasteiger partial charge in [-0.2, -0.15) is 23.1 Å². The van der Waals surface area contributed by atoms with E-state index in [0.29, 0.717) is 60.9 Å². The molecule has 0 aliphatic carbocycles. The maximum Gasteiger partial charge on any atom is 0.429 e. The molecule has 3 aromatic rings. The van der Waals surface area contributed by atoms with E-state index in [9.17, 15) is 23.1 Å². The molecule has 0 bridgehead atoms. The van der Waals surface area contributed by atoms with Crippen LogP contribution in [0, 0.1) is 5.41 Å². The predicted octanol–water partition coefficient (Wildman–Crippen LogP) is 5.09. The Kier molecular flexibility index (Phi) is 7.30. The van der Waals surface area contributed by atoms with Gasteiger partial charge >= 0.3 is 12.1 Å². The smallest absolute Gasteiger partial charge is 0.429 e. The number of nitrogens with zero attached hydrogens (tertiary/aromatic N) is 3. The summed E-state index contributed by atoms with van der Waals surface area (Å²) < 4.78 is 48.7. The number of ether oxygens (including phenoxy) is 1. The normalized spacial score (nSPS) is 19.7. The van der Waals surface area contributed by atoms with Crippen LogP contribution >= 0.6 is 11.6 Å². The second-order valence-corrected chi connectivity index (χ2v) is 10.5. The Morgan fingerprint density at radius 1 is 1.15 bits per heavy atom. The highest BCUT2D eigenvalue weighted by Gasteiger charge is 2.46. The zero-order chi connectivity index (χ0) is 27.8. The fourth-order valence-corrected chi connectivity index (χ4v) is 5.56. The van der Waals surface area contributed by atoms with Crippen LogP contribution in [0.4, 0.5) is 24.9 Å². The number of carboxylic acids is 1. The highest BCUT2D eigenvalue weighted by atomic mass is 35.5. The molecule has 2 aliphatic rings. The molecule has 0 radical (unpaired) electrons. The van der Waals surface area contributed by atoms with E-state index in [1.54, 1.807) is 30.3 Å². The summed E-state index contributed by atoms with van der Waals surface area (Å²) in [5.41, 5.74) is 6.49. The summed E-state index contributed by atoms with van der Waals surface area (Å²) in [7, 11) is 0. The van der Waals surface area contributed by atoms with Gasteiger partial charge in [-0.05, 0) is 47.9 Å². The van der Waals surface area contributed by atoms with E-state index in [0.717, 1.165) is 0 Å². The molecule has 39 heavy (non-hydrogen) atoms. The number of anilines is 2. The van der Waals surface area contributed by atoms with E-state index in [2.05, 4.69) is 15.3 Å². The minimum atomic E-state index is -4.77. The molecule has 0 unspecified atom stereocenters. The first kappa shape index (κ1) is 27.0. The number of piperidine rings is 1. The molecule has 3 heterocycles. The first-order valence-corrected chi connectivity index (χ1v) is 12.8. The molecule has 12 heteroatoms. The molecule has 2 saturated heterocycles. The van der Waals surface area contributed by atoms with Crippen LogP contribution in [-0.2, 0) is 4.79 Å². The molecule has 8 nitrogen and oxygen atoms in total. The van der Waals surface area contributed by atoms with Gasteiger partial charge in [0, 0.05) is 36.3 Å². The molecule has 2 aliphatic heterocycles. The summed E-state index contributed by atoms with van der Waals surface area (Å²) in [5.74, 6) is -1.03. The molecule has 206 valence electrons. The summed E-state index contributed by atoms with van der Waals surface area (Å²) in [6.07, 6.45) is -5.16. The first-order valence-electron chi connectivity index (χ1n) is 12.5. The zero-order valence-corrected chi connectivity index (χ0v) is 21.5. The topological polar surface area (TPSA) is 114 Å². The molecule has 1 spiro atoms. The maximum absolute atomic E-state index is 14.4. The van der Waals surface area contributed by atoms with Crippen molar-refractivity contribution in [1.29, 1.82) is 0 Å². The quantitative estimate of drug-likeness (QED) is 0.381. The standard InChI is InChI=1S/C27H27ClF3N5O3/c28-17-6-7-18(19(12-17)16-4-2-1-3-5-16)23(27(29,30)31)39-22-13-21(34-25(32)35-22)36-10-8-26(9-11-36)14-20(24(37)38)33-15-26/h1-7,12-13,20,23,33H,8-11,14-15H2,(H,37,38)(H2,32,34,35)/t20-,23+/m1/s1. The largest absolute Gasteiger partial charge is 0.480 e. The van der Waals surface area contributed by atoms with E-state index in [1.807, 2.05) is 4.90 Å². The number of carboxylic acid groups (broad SMARTS) is 1. The molecule has 2 atom stereocenters. The van der Waals surface area contributed by atoms with Crippen molar-refractivity contribution in [2.75, 3.05) is 30.3 Å². The summed E-state index contributed by atoms with van der Waals surface area (Å²) in [4.78, 5) is 21.5. The van der Waals surface area contributed by atoms with Gasteiger partial charge < -0.3 is 25.8 Å².